The van der Waals surface area contributed by atoms with Gasteiger partial charge in [-0.2, -0.15) is 0 Å². The van der Waals surface area contributed by atoms with Crippen molar-refractivity contribution in [2.45, 2.75) is 19.4 Å². The summed E-state index contributed by atoms with van der Waals surface area (Å²) < 4.78 is 5.91. The van der Waals surface area contributed by atoms with Gasteiger partial charge in [0.05, 0.1) is 0 Å². The van der Waals surface area contributed by atoms with Gasteiger partial charge in [0.15, 0.2) is 0 Å². The van der Waals surface area contributed by atoms with E-state index in [4.69, 9.17) is 4.74 Å². The number of benzene rings is 3. The molecule has 3 aromatic carbocycles. The van der Waals surface area contributed by atoms with Crippen molar-refractivity contribution in [2.75, 3.05) is 5.32 Å². The lowest BCUT2D eigenvalue weighted by Crippen LogP contribution is -2.27. The minimum atomic E-state index is -0.307. The van der Waals surface area contributed by atoms with Gasteiger partial charge in [0.1, 0.15) is 11.4 Å². The molecule has 0 aromatic heterocycles. The van der Waals surface area contributed by atoms with Crippen LogP contribution in [-0.4, -0.2) is 11.5 Å². The van der Waals surface area contributed by atoms with Gasteiger partial charge in [-0.25, -0.2) is 0 Å². The fraction of sp³-hybridized carbons (Fsp3) is 0.125. The Labute approximate surface area is 159 Å². The highest BCUT2D eigenvalue weighted by molar-refractivity contribution is 6.03. The number of hydrogen-bond acceptors (Lipinski definition) is 2. The minimum absolute atomic E-state index is 0.163. The van der Waals surface area contributed by atoms with Crippen LogP contribution < -0.4 is 10.1 Å². The maximum Gasteiger partial charge on any atom is 0.248 e. The molecule has 0 spiro atoms. The van der Waals surface area contributed by atoms with Crippen molar-refractivity contribution in [1.29, 1.82) is 0 Å². The third kappa shape index (κ3) is 3.77. The highest BCUT2D eigenvalue weighted by Crippen LogP contribution is 2.32. The van der Waals surface area contributed by atoms with Gasteiger partial charge in [0, 0.05) is 17.3 Å². The average molecular weight is 355 g/mol. The van der Waals surface area contributed by atoms with E-state index in [1.807, 2.05) is 74.5 Å². The van der Waals surface area contributed by atoms with Gasteiger partial charge >= 0.3 is 0 Å². The molecule has 27 heavy (non-hydrogen) atoms. The van der Waals surface area contributed by atoms with Crippen molar-refractivity contribution in [3.8, 4) is 5.75 Å². The Bertz CT molecular complexity index is 1070. The lowest BCUT2D eigenvalue weighted by atomic mass is 10.0. The summed E-state index contributed by atoms with van der Waals surface area (Å²) in [5.41, 5.74) is 2.42. The number of amides is 1. The normalized spacial score (nSPS) is 14.7. The Morgan fingerprint density at radius 1 is 1.04 bits per heavy atom. The number of anilines is 1. The molecule has 1 aliphatic heterocycles. The zero-order valence-corrected chi connectivity index (χ0v) is 15.4. The van der Waals surface area contributed by atoms with Crippen molar-refractivity contribution in [3.63, 3.8) is 0 Å². The first-order valence-electron chi connectivity index (χ1n) is 8.99. The summed E-state index contributed by atoms with van der Waals surface area (Å²) >= 11 is 0. The van der Waals surface area contributed by atoms with Gasteiger partial charge in [0.25, 0.3) is 0 Å². The third-order valence-electron chi connectivity index (χ3n) is 4.55. The van der Waals surface area contributed by atoms with Crippen molar-refractivity contribution >= 4 is 34.5 Å². The first-order valence-corrected chi connectivity index (χ1v) is 8.99. The Balaban J connectivity index is 1.51. The fourth-order valence-electron chi connectivity index (χ4n) is 3.20. The van der Waals surface area contributed by atoms with Crippen molar-refractivity contribution in [1.82, 2.24) is 0 Å². The Hall–Kier alpha value is -3.33. The summed E-state index contributed by atoms with van der Waals surface area (Å²) in [6.07, 6.45) is 7.46. The monoisotopic (exact) mass is 355 g/mol. The molecule has 0 saturated heterocycles. The molecule has 3 aromatic rings. The fourth-order valence-corrected chi connectivity index (χ4v) is 3.20. The van der Waals surface area contributed by atoms with Crippen molar-refractivity contribution < 1.29 is 9.53 Å². The van der Waals surface area contributed by atoms with Crippen LogP contribution in [0.3, 0.4) is 0 Å². The second-order valence-electron chi connectivity index (χ2n) is 7.18. The van der Waals surface area contributed by atoms with E-state index in [9.17, 15) is 4.79 Å². The van der Waals surface area contributed by atoms with E-state index < -0.39 is 0 Å². The Morgan fingerprint density at radius 3 is 2.74 bits per heavy atom. The smallest absolute Gasteiger partial charge is 0.248 e. The van der Waals surface area contributed by atoms with Crippen LogP contribution in [0.4, 0.5) is 5.69 Å². The minimum Gasteiger partial charge on any atom is -0.483 e. The number of ether oxygens (including phenoxy) is 1. The van der Waals surface area contributed by atoms with E-state index >= 15 is 0 Å². The molecule has 1 heterocycles. The molecule has 4 rings (SSSR count). The maximum atomic E-state index is 12.3. The number of rotatable bonds is 3. The third-order valence-corrected chi connectivity index (χ3v) is 4.55. The zero-order valence-electron chi connectivity index (χ0n) is 15.4. The number of nitrogens with one attached hydrogen (secondary N) is 1. The molecular weight excluding hydrogens is 334 g/mol. The first kappa shape index (κ1) is 17.1. The summed E-state index contributed by atoms with van der Waals surface area (Å²) in [6.45, 7) is 4.03. The van der Waals surface area contributed by atoms with Crippen LogP contribution in [0, 0.1) is 0 Å². The molecule has 0 radical (unpaired) electrons. The molecule has 0 saturated carbocycles. The molecule has 0 bridgehead atoms. The lowest BCUT2D eigenvalue weighted by molar-refractivity contribution is -0.111. The Kier molecular flexibility index (Phi) is 4.28. The molecule has 0 fully saturated rings. The largest absolute Gasteiger partial charge is 0.483 e. The molecule has 3 heteroatoms. The van der Waals surface area contributed by atoms with Gasteiger partial charge in [-0.1, -0.05) is 48.5 Å². The highest BCUT2D eigenvalue weighted by Gasteiger charge is 2.21. The highest BCUT2D eigenvalue weighted by atomic mass is 16.5. The van der Waals surface area contributed by atoms with Crippen molar-refractivity contribution in [3.05, 3.63) is 83.9 Å². The summed E-state index contributed by atoms with van der Waals surface area (Å²) in [7, 11) is 0. The zero-order chi connectivity index (χ0) is 18.9. The van der Waals surface area contributed by atoms with E-state index in [2.05, 4.69) is 23.5 Å². The summed E-state index contributed by atoms with van der Waals surface area (Å²) in [6, 6.07) is 19.9. The predicted octanol–water partition coefficient (Wildman–Crippen LogP) is 5.68. The number of carbonyl (C=O) groups excluding carboxylic acids is 1. The summed E-state index contributed by atoms with van der Waals surface area (Å²) in [4.78, 5) is 12.3. The van der Waals surface area contributed by atoms with Crippen LogP contribution >= 0.6 is 0 Å². The van der Waals surface area contributed by atoms with Gasteiger partial charge in [-0.05, 0) is 60.5 Å². The van der Waals surface area contributed by atoms with Crippen LogP contribution in [0.2, 0.25) is 0 Å². The molecule has 0 aliphatic carbocycles. The van der Waals surface area contributed by atoms with Gasteiger partial charge in [0.2, 0.25) is 5.91 Å². The molecule has 3 nitrogen and oxygen atoms in total. The molecule has 0 unspecified atom stereocenters. The second kappa shape index (κ2) is 6.76. The SMILES string of the molecule is CC1(C)C=Cc2cc(NC(=O)/C=C/c3cccc4ccccc34)ccc2O1. The Morgan fingerprint density at radius 2 is 1.85 bits per heavy atom. The van der Waals surface area contributed by atoms with Crippen LogP contribution in [0.1, 0.15) is 25.0 Å². The van der Waals surface area contributed by atoms with E-state index in [0.29, 0.717) is 0 Å². The number of carbonyl (C=O) groups is 1. The average Bonchev–Trinajstić information content (AvgIpc) is 2.66. The van der Waals surface area contributed by atoms with E-state index in [-0.39, 0.29) is 11.5 Å². The van der Waals surface area contributed by atoms with Crippen molar-refractivity contribution in [2.24, 2.45) is 0 Å². The van der Waals surface area contributed by atoms with Gasteiger partial charge < -0.3 is 10.1 Å². The quantitative estimate of drug-likeness (QED) is 0.614. The van der Waals surface area contributed by atoms with Crippen LogP contribution in [-0.2, 0) is 4.79 Å². The predicted molar refractivity (Wildman–Crippen MR) is 112 cm³/mol. The molecule has 1 amide bonds. The van der Waals surface area contributed by atoms with E-state index in [1.165, 1.54) is 0 Å². The maximum absolute atomic E-state index is 12.3. The number of hydrogen-bond donors (Lipinski definition) is 1. The standard InChI is InChI=1S/C24H21NO2/c1-24(2)15-14-19-16-20(11-12-22(19)27-24)25-23(26)13-10-18-8-5-7-17-6-3-4-9-21(17)18/h3-16H,1-2H3,(H,25,26)/b13-10+. The lowest BCUT2D eigenvalue weighted by Gasteiger charge is -2.28. The number of fused-ring (bicyclic) bond motifs is 2. The van der Waals surface area contributed by atoms with Crippen LogP contribution in [0.25, 0.3) is 22.9 Å². The van der Waals surface area contributed by atoms with Crippen LogP contribution in [0.5, 0.6) is 5.75 Å². The molecule has 134 valence electrons. The van der Waals surface area contributed by atoms with Crippen LogP contribution in [0.15, 0.2) is 72.8 Å². The summed E-state index contributed by atoms with van der Waals surface area (Å²) in [5, 5.41) is 5.20. The molecular formula is C24H21NO2. The van der Waals surface area contributed by atoms with Gasteiger partial charge in [-0.3, -0.25) is 4.79 Å². The van der Waals surface area contributed by atoms with E-state index in [0.717, 1.165) is 33.3 Å². The topological polar surface area (TPSA) is 38.3 Å². The molecule has 1 N–H and O–H groups in total. The molecule has 1 aliphatic rings. The van der Waals surface area contributed by atoms with E-state index in [1.54, 1.807) is 6.08 Å². The second-order valence-corrected chi connectivity index (χ2v) is 7.18. The summed E-state index contributed by atoms with van der Waals surface area (Å²) in [5.74, 6) is 0.663. The first-order chi connectivity index (χ1) is 13.0. The van der Waals surface area contributed by atoms with Gasteiger partial charge in [-0.15, -0.1) is 0 Å². The molecule has 0 atom stereocenters.